The van der Waals surface area contributed by atoms with Crippen molar-refractivity contribution in [1.82, 2.24) is 5.43 Å². The molecule has 0 aliphatic carbocycles. The summed E-state index contributed by atoms with van der Waals surface area (Å²) in [6, 6.07) is 15.7. The largest absolute Gasteiger partial charge is 0.460 e. The monoisotopic (exact) mass is 397 g/mol. The molecule has 1 aromatic heterocycles. The molecule has 124 valence electrons. The van der Waals surface area contributed by atoms with E-state index in [2.05, 4.69) is 31.4 Å². The number of fused-ring (bicyclic) bond motifs is 1. The van der Waals surface area contributed by atoms with Crippen molar-refractivity contribution in [3.05, 3.63) is 87.5 Å². The zero-order valence-corrected chi connectivity index (χ0v) is 14.8. The lowest BCUT2D eigenvalue weighted by Crippen LogP contribution is -2.19. The average molecular weight is 398 g/mol. The van der Waals surface area contributed by atoms with Crippen LogP contribution in [0.25, 0.3) is 0 Å². The second-order valence-corrected chi connectivity index (χ2v) is 6.53. The number of aryl methyl sites for hydroxylation is 1. The van der Waals surface area contributed by atoms with Gasteiger partial charge in [0.1, 0.15) is 17.3 Å². The molecule has 4 nitrogen and oxygen atoms in total. The summed E-state index contributed by atoms with van der Waals surface area (Å²) in [5, 5.41) is 4.50. The van der Waals surface area contributed by atoms with Crippen LogP contribution in [-0.2, 0) is 0 Å². The lowest BCUT2D eigenvalue weighted by atomic mass is 10.1. The fourth-order valence-corrected chi connectivity index (χ4v) is 2.96. The number of hydrazone groups is 1. The van der Waals surface area contributed by atoms with Crippen molar-refractivity contribution in [2.75, 3.05) is 0 Å². The van der Waals surface area contributed by atoms with E-state index < -0.39 is 0 Å². The van der Waals surface area contributed by atoms with E-state index in [9.17, 15) is 4.39 Å². The predicted molar refractivity (Wildman–Crippen MR) is 99.0 cm³/mol. The molecule has 4 rings (SSSR count). The first-order chi connectivity index (χ1) is 12.1. The molecule has 0 fully saturated rings. The number of amidine groups is 1. The van der Waals surface area contributed by atoms with Gasteiger partial charge in [-0.05, 0) is 61.5 Å². The number of hydrogen-bond acceptors (Lipinski definition) is 4. The third-order valence-electron chi connectivity index (χ3n) is 3.81. The zero-order valence-electron chi connectivity index (χ0n) is 13.3. The summed E-state index contributed by atoms with van der Waals surface area (Å²) in [4.78, 5) is 4.67. The lowest BCUT2D eigenvalue weighted by molar-refractivity contribution is 0.525. The maximum atomic E-state index is 13.2. The van der Waals surface area contributed by atoms with Crippen LogP contribution in [0.4, 0.5) is 10.1 Å². The smallest absolute Gasteiger partial charge is 0.155 e. The van der Waals surface area contributed by atoms with E-state index in [0.717, 1.165) is 27.0 Å². The average Bonchev–Trinajstić information content (AvgIpc) is 2.93. The molecular formula is C19H13BrFN3O. The number of rotatable bonds is 2. The van der Waals surface area contributed by atoms with Crippen LogP contribution in [0.5, 0.6) is 0 Å². The number of benzene rings is 2. The highest BCUT2D eigenvalue weighted by Gasteiger charge is 2.19. The van der Waals surface area contributed by atoms with Crippen LogP contribution >= 0.6 is 15.9 Å². The second kappa shape index (κ2) is 6.29. The van der Waals surface area contributed by atoms with E-state index in [1.54, 1.807) is 12.1 Å². The van der Waals surface area contributed by atoms with E-state index >= 15 is 0 Å². The number of aliphatic imine (C=N–C) groups is 1. The molecule has 0 atom stereocenters. The van der Waals surface area contributed by atoms with Crippen molar-refractivity contribution in [2.24, 2.45) is 10.1 Å². The number of hydrogen-bond donors (Lipinski definition) is 1. The van der Waals surface area contributed by atoms with Crippen molar-refractivity contribution < 1.29 is 8.81 Å². The first-order valence-electron chi connectivity index (χ1n) is 7.65. The molecular weight excluding hydrogens is 385 g/mol. The number of furan rings is 1. The highest BCUT2D eigenvalue weighted by molar-refractivity contribution is 9.10. The highest BCUT2D eigenvalue weighted by Crippen LogP contribution is 2.29. The zero-order chi connectivity index (χ0) is 17.4. The Morgan fingerprint density at radius 2 is 1.84 bits per heavy atom. The van der Waals surface area contributed by atoms with Crippen LogP contribution in [0, 0.1) is 12.7 Å². The summed E-state index contributed by atoms with van der Waals surface area (Å²) in [5.41, 5.74) is 5.98. The third kappa shape index (κ3) is 3.13. The fraction of sp³-hybridized carbons (Fsp3) is 0.0526. The Kier molecular flexibility index (Phi) is 3.97. The van der Waals surface area contributed by atoms with Crippen molar-refractivity contribution in [3.8, 4) is 0 Å². The molecule has 0 amide bonds. The minimum absolute atomic E-state index is 0.294. The summed E-state index contributed by atoms with van der Waals surface area (Å²) < 4.78 is 19.9. The molecule has 6 heteroatoms. The Hall–Kier alpha value is -2.73. The van der Waals surface area contributed by atoms with Crippen molar-refractivity contribution in [3.63, 3.8) is 0 Å². The lowest BCUT2D eigenvalue weighted by Gasteiger charge is -2.05. The summed E-state index contributed by atoms with van der Waals surface area (Å²) in [5.74, 6) is 1.71. The van der Waals surface area contributed by atoms with Gasteiger partial charge in [0, 0.05) is 15.6 Å². The normalized spacial score (nSPS) is 13.4. The van der Waals surface area contributed by atoms with Gasteiger partial charge < -0.3 is 4.42 Å². The molecule has 0 bridgehead atoms. The van der Waals surface area contributed by atoms with Crippen LogP contribution < -0.4 is 5.43 Å². The molecule has 0 spiro atoms. The second-order valence-electron chi connectivity index (χ2n) is 5.61. The van der Waals surface area contributed by atoms with Gasteiger partial charge in [0.25, 0.3) is 0 Å². The minimum Gasteiger partial charge on any atom is -0.460 e. The van der Waals surface area contributed by atoms with Gasteiger partial charge in [0.05, 0.1) is 5.69 Å². The van der Waals surface area contributed by atoms with Crippen LogP contribution in [0.15, 0.2) is 73.6 Å². The Morgan fingerprint density at radius 3 is 2.56 bits per heavy atom. The first kappa shape index (κ1) is 15.8. The molecule has 1 aliphatic heterocycles. The SMILES string of the molecule is Cc1ccc(C2=NNC(c3ccc(F)cc3)=Nc3ccc(Br)cc32)o1. The summed E-state index contributed by atoms with van der Waals surface area (Å²) in [6.07, 6.45) is 0. The van der Waals surface area contributed by atoms with Gasteiger partial charge >= 0.3 is 0 Å². The van der Waals surface area contributed by atoms with Gasteiger partial charge in [-0.1, -0.05) is 15.9 Å². The van der Waals surface area contributed by atoms with Gasteiger partial charge in [-0.3, -0.25) is 5.43 Å². The van der Waals surface area contributed by atoms with Gasteiger partial charge in [-0.2, -0.15) is 5.10 Å². The van der Waals surface area contributed by atoms with Gasteiger partial charge in [0.15, 0.2) is 11.6 Å². The van der Waals surface area contributed by atoms with Crippen LogP contribution in [0.1, 0.15) is 22.6 Å². The first-order valence-corrected chi connectivity index (χ1v) is 8.44. The Labute approximate surface area is 152 Å². The van der Waals surface area contributed by atoms with Crippen LogP contribution in [0.2, 0.25) is 0 Å². The quantitative estimate of drug-likeness (QED) is 0.666. The number of nitrogens with one attached hydrogen (secondary N) is 1. The fourth-order valence-electron chi connectivity index (χ4n) is 2.60. The van der Waals surface area contributed by atoms with Gasteiger partial charge in [-0.15, -0.1) is 0 Å². The van der Waals surface area contributed by atoms with Crippen molar-refractivity contribution in [1.29, 1.82) is 0 Å². The van der Waals surface area contributed by atoms with Crippen LogP contribution in [0.3, 0.4) is 0 Å². The highest BCUT2D eigenvalue weighted by atomic mass is 79.9. The van der Waals surface area contributed by atoms with Crippen LogP contribution in [-0.4, -0.2) is 11.5 Å². The molecule has 0 radical (unpaired) electrons. The molecule has 0 saturated carbocycles. The molecule has 0 unspecified atom stereocenters. The molecule has 2 heterocycles. The Morgan fingerprint density at radius 1 is 1.04 bits per heavy atom. The maximum absolute atomic E-state index is 13.2. The maximum Gasteiger partial charge on any atom is 0.155 e. The Balaban J connectivity index is 1.86. The standard InChI is InChI=1S/C19H13BrFN3O/c1-11-2-9-17(25-11)18-15-10-13(20)5-8-16(15)22-19(24-23-18)12-3-6-14(21)7-4-12/h2-10H,1H3,(H,22,24). The molecule has 2 aromatic carbocycles. The molecule has 0 saturated heterocycles. The molecule has 1 aliphatic rings. The minimum atomic E-state index is -0.294. The van der Waals surface area contributed by atoms with E-state index in [-0.39, 0.29) is 5.82 Å². The Bertz CT molecular complexity index is 1010. The number of halogens is 2. The summed E-state index contributed by atoms with van der Waals surface area (Å²) in [7, 11) is 0. The molecule has 1 N–H and O–H groups in total. The third-order valence-corrected chi connectivity index (χ3v) is 4.30. The predicted octanol–water partition coefficient (Wildman–Crippen LogP) is 4.92. The van der Waals surface area contributed by atoms with E-state index in [4.69, 9.17) is 4.42 Å². The van der Waals surface area contributed by atoms with Gasteiger partial charge in [0.2, 0.25) is 0 Å². The van der Waals surface area contributed by atoms with E-state index in [1.165, 1.54) is 12.1 Å². The molecule has 25 heavy (non-hydrogen) atoms. The molecule has 3 aromatic rings. The summed E-state index contributed by atoms with van der Waals surface area (Å²) >= 11 is 3.49. The van der Waals surface area contributed by atoms with E-state index in [0.29, 0.717) is 17.3 Å². The van der Waals surface area contributed by atoms with Crippen molar-refractivity contribution >= 4 is 33.2 Å². The topological polar surface area (TPSA) is 49.9 Å². The van der Waals surface area contributed by atoms with Crippen molar-refractivity contribution in [2.45, 2.75) is 6.92 Å². The van der Waals surface area contributed by atoms with E-state index in [1.807, 2.05) is 37.3 Å². The van der Waals surface area contributed by atoms with Gasteiger partial charge in [-0.25, -0.2) is 9.38 Å². The summed E-state index contributed by atoms with van der Waals surface area (Å²) in [6.45, 7) is 1.89. The number of nitrogens with zero attached hydrogens (tertiary/aromatic N) is 2.